The Labute approximate surface area is 146 Å². The molecule has 2 aromatic rings. The first-order valence-corrected chi connectivity index (χ1v) is 9.60. The van der Waals surface area contributed by atoms with E-state index in [0.29, 0.717) is 12.3 Å². The number of ketones is 1. The Morgan fingerprint density at radius 2 is 1.83 bits per heavy atom. The summed E-state index contributed by atoms with van der Waals surface area (Å²) in [7, 11) is 0. The Kier molecular flexibility index (Phi) is 4.23. The highest BCUT2D eigenvalue weighted by Crippen LogP contribution is 2.33. The van der Waals surface area contributed by atoms with Crippen molar-refractivity contribution in [3.8, 4) is 0 Å². The molecule has 1 aromatic carbocycles. The van der Waals surface area contributed by atoms with Crippen molar-refractivity contribution in [3.63, 3.8) is 0 Å². The summed E-state index contributed by atoms with van der Waals surface area (Å²) in [5.41, 5.74) is 3.16. The Balaban J connectivity index is 1.46. The number of carbonyl (C=O) groups excluding carboxylic acids is 2. The number of rotatable bonds is 2. The van der Waals surface area contributed by atoms with E-state index in [1.807, 2.05) is 16.3 Å². The van der Waals surface area contributed by atoms with Crippen LogP contribution < -0.4 is 0 Å². The van der Waals surface area contributed by atoms with Gasteiger partial charge in [-0.25, -0.2) is 0 Å². The zero-order valence-corrected chi connectivity index (χ0v) is 14.5. The first kappa shape index (κ1) is 15.6. The molecule has 1 aromatic heterocycles. The molecule has 4 heteroatoms. The fourth-order valence-corrected chi connectivity index (χ4v) is 4.96. The van der Waals surface area contributed by atoms with Gasteiger partial charge in [0.25, 0.3) is 5.91 Å². The zero-order valence-electron chi connectivity index (χ0n) is 13.7. The largest absolute Gasteiger partial charge is 0.339 e. The molecule has 0 atom stereocenters. The first-order valence-electron chi connectivity index (χ1n) is 8.72. The van der Waals surface area contributed by atoms with Crippen LogP contribution in [0.2, 0.25) is 0 Å². The van der Waals surface area contributed by atoms with E-state index in [1.54, 1.807) is 0 Å². The fraction of sp³-hybridized carbons (Fsp3) is 0.400. The van der Waals surface area contributed by atoms with E-state index in [0.717, 1.165) is 54.8 Å². The van der Waals surface area contributed by atoms with E-state index in [1.165, 1.54) is 16.9 Å². The second-order valence-electron chi connectivity index (χ2n) is 6.71. The molecule has 1 aliphatic carbocycles. The molecule has 0 unspecified atom stereocenters. The van der Waals surface area contributed by atoms with Gasteiger partial charge in [0, 0.05) is 24.9 Å². The molecule has 1 aliphatic heterocycles. The van der Waals surface area contributed by atoms with Gasteiger partial charge >= 0.3 is 0 Å². The smallest absolute Gasteiger partial charge is 0.255 e. The minimum atomic E-state index is 0.119. The summed E-state index contributed by atoms with van der Waals surface area (Å²) in [6, 6.07) is 10.6. The molecule has 0 N–H and O–H groups in total. The third-order valence-corrected chi connectivity index (χ3v) is 6.32. The van der Waals surface area contributed by atoms with Crippen LogP contribution in [0.3, 0.4) is 0 Å². The van der Waals surface area contributed by atoms with Gasteiger partial charge in [-0.05, 0) is 42.7 Å². The standard InChI is InChI=1S/C20H21NO2S/c22-18-8-4-7-16-17(13-24-19(16)18)20(23)21-11-9-15(10-12-21)14-5-2-1-3-6-14/h1-3,5-6,13,15H,4,7-12H2. The van der Waals surface area contributed by atoms with Crippen molar-refractivity contribution in [3.05, 3.63) is 57.3 Å². The van der Waals surface area contributed by atoms with Crippen molar-refractivity contribution in [1.82, 2.24) is 4.90 Å². The number of amides is 1. The van der Waals surface area contributed by atoms with Crippen LogP contribution in [0.1, 0.15) is 62.8 Å². The number of thiophene rings is 1. The van der Waals surface area contributed by atoms with Gasteiger partial charge in [-0.2, -0.15) is 0 Å². The minimum absolute atomic E-state index is 0.119. The normalized spacial score (nSPS) is 18.5. The van der Waals surface area contributed by atoms with E-state index < -0.39 is 0 Å². The fourth-order valence-electron chi connectivity index (χ4n) is 3.89. The number of hydrogen-bond acceptors (Lipinski definition) is 3. The number of Topliss-reactive ketones (excluding diaryl/α,β-unsaturated/α-hetero) is 1. The summed E-state index contributed by atoms with van der Waals surface area (Å²) in [5.74, 6) is 0.880. The molecule has 2 aliphatic rings. The van der Waals surface area contributed by atoms with E-state index in [9.17, 15) is 9.59 Å². The monoisotopic (exact) mass is 339 g/mol. The topological polar surface area (TPSA) is 37.4 Å². The molecule has 2 heterocycles. The van der Waals surface area contributed by atoms with Gasteiger partial charge < -0.3 is 4.90 Å². The molecule has 24 heavy (non-hydrogen) atoms. The maximum absolute atomic E-state index is 12.9. The predicted molar refractivity (Wildman–Crippen MR) is 95.9 cm³/mol. The van der Waals surface area contributed by atoms with Gasteiger partial charge in [-0.3, -0.25) is 9.59 Å². The second-order valence-corrected chi connectivity index (χ2v) is 7.59. The highest BCUT2D eigenvalue weighted by Gasteiger charge is 2.29. The summed E-state index contributed by atoms with van der Waals surface area (Å²) < 4.78 is 0. The molecule has 124 valence electrons. The summed E-state index contributed by atoms with van der Waals surface area (Å²) in [5, 5.41) is 1.90. The Morgan fingerprint density at radius 1 is 1.08 bits per heavy atom. The van der Waals surface area contributed by atoms with Gasteiger partial charge in [0.1, 0.15) is 0 Å². The van der Waals surface area contributed by atoms with E-state index in [4.69, 9.17) is 0 Å². The lowest BCUT2D eigenvalue weighted by Crippen LogP contribution is -2.38. The van der Waals surface area contributed by atoms with Crippen molar-refractivity contribution >= 4 is 23.0 Å². The molecule has 0 bridgehead atoms. The Morgan fingerprint density at radius 3 is 2.58 bits per heavy atom. The number of benzene rings is 1. The minimum Gasteiger partial charge on any atom is -0.339 e. The van der Waals surface area contributed by atoms with Gasteiger partial charge in [0.2, 0.25) is 0 Å². The van der Waals surface area contributed by atoms with Crippen LogP contribution in [0.15, 0.2) is 35.7 Å². The summed E-state index contributed by atoms with van der Waals surface area (Å²) in [6.45, 7) is 1.61. The van der Waals surface area contributed by atoms with Crippen LogP contribution >= 0.6 is 11.3 Å². The number of fused-ring (bicyclic) bond motifs is 1. The highest BCUT2D eigenvalue weighted by molar-refractivity contribution is 7.12. The third-order valence-electron chi connectivity index (χ3n) is 5.26. The molecule has 3 nitrogen and oxygen atoms in total. The predicted octanol–water partition coefficient (Wildman–Crippen LogP) is 4.29. The van der Waals surface area contributed by atoms with Crippen LogP contribution in [0.25, 0.3) is 0 Å². The lowest BCUT2D eigenvalue weighted by molar-refractivity contribution is 0.0712. The van der Waals surface area contributed by atoms with E-state index in [2.05, 4.69) is 24.3 Å². The summed E-state index contributed by atoms with van der Waals surface area (Å²) >= 11 is 1.45. The second kappa shape index (κ2) is 6.52. The van der Waals surface area contributed by atoms with E-state index in [-0.39, 0.29) is 11.7 Å². The zero-order chi connectivity index (χ0) is 16.5. The lowest BCUT2D eigenvalue weighted by atomic mass is 9.89. The van der Waals surface area contributed by atoms with Crippen LogP contribution in [0.4, 0.5) is 0 Å². The molecular formula is C20H21NO2S. The molecule has 1 fully saturated rings. The number of nitrogens with zero attached hydrogens (tertiary/aromatic N) is 1. The van der Waals surface area contributed by atoms with Crippen molar-refractivity contribution in [2.24, 2.45) is 0 Å². The third kappa shape index (κ3) is 2.80. The lowest BCUT2D eigenvalue weighted by Gasteiger charge is -2.32. The summed E-state index contributed by atoms with van der Waals surface area (Å²) in [6.07, 6.45) is 4.40. The van der Waals surface area contributed by atoms with Crippen LogP contribution in [-0.4, -0.2) is 29.7 Å². The molecule has 0 saturated carbocycles. The number of likely N-dealkylation sites (tertiary alicyclic amines) is 1. The Hall–Kier alpha value is -1.94. The average Bonchev–Trinajstić information content (AvgIpc) is 3.07. The highest BCUT2D eigenvalue weighted by atomic mass is 32.1. The maximum Gasteiger partial charge on any atom is 0.255 e. The van der Waals surface area contributed by atoms with Crippen LogP contribution in [-0.2, 0) is 6.42 Å². The van der Waals surface area contributed by atoms with E-state index >= 15 is 0 Å². The van der Waals surface area contributed by atoms with Gasteiger partial charge in [0.05, 0.1) is 10.4 Å². The van der Waals surface area contributed by atoms with Gasteiger partial charge in [-0.15, -0.1) is 11.3 Å². The number of hydrogen-bond donors (Lipinski definition) is 0. The molecule has 1 amide bonds. The molecule has 1 saturated heterocycles. The van der Waals surface area contributed by atoms with Crippen molar-refractivity contribution in [1.29, 1.82) is 0 Å². The maximum atomic E-state index is 12.9. The average molecular weight is 339 g/mol. The number of carbonyl (C=O) groups is 2. The quantitative estimate of drug-likeness (QED) is 0.818. The van der Waals surface area contributed by atoms with Gasteiger partial charge in [-0.1, -0.05) is 30.3 Å². The van der Waals surface area contributed by atoms with Crippen LogP contribution in [0.5, 0.6) is 0 Å². The number of piperidine rings is 1. The molecular weight excluding hydrogens is 318 g/mol. The van der Waals surface area contributed by atoms with Crippen LogP contribution in [0, 0.1) is 0 Å². The SMILES string of the molecule is O=C1CCCc2c(C(=O)N3CCC(c4ccccc4)CC3)csc21. The Bertz CT molecular complexity index is 757. The first-order chi connectivity index (χ1) is 11.7. The molecule has 4 rings (SSSR count). The molecule has 0 radical (unpaired) electrons. The van der Waals surface area contributed by atoms with Gasteiger partial charge in [0.15, 0.2) is 5.78 Å². The van der Waals surface area contributed by atoms with Crippen molar-refractivity contribution < 1.29 is 9.59 Å². The van der Waals surface area contributed by atoms with Crippen molar-refractivity contribution in [2.45, 2.75) is 38.0 Å². The van der Waals surface area contributed by atoms with Crippen molar-refractivity contribution in [2.75, 3.05) is 13.1 Å². The summed E-state index contributed by atoms with van der Waals surface area (Å²) in [4.78, 5) is 27.7. The molecule has 0 spiro atoms.